The number of aryl methyl sites for hydroxylation is 3. The van der Waals surface area contributed by atoms with Gasteiger partial charge in [-0.25, -0.2) is 0 Å². The van der Waals surface area contributed by atoms with Gasteiger partial charge in [-0.3, -0.25) is 4.98 Å². The van der Waals surface area contributed by atoms with Crippen molar-refractivity contribution < 1.29 is 24.5 Å². The summed E-state index contributed by atoms with van der Waals surface area (Å²) in [6, 6.07) is 50.9. The molecule has 1 radical (unpaired) electrons. The van der Waals surface area contributed by atoms with Crippen molar-refractivity contribution in [2.24, 2.45) is 5.92 Å². The van der Waals surface area contributed by atoms with E-state index in [-0.39, 0.29) is 20.1 Å². The zero-order valence-electron chi connectivity index (χ0n) is 34.6. The molecule has 3 aromatic heterocycles. The largest absolute Gasteiger partial charge is 0.501 e. The minimum atomic E-state index is -1.35. The number of pyridine rings is 1. The number of hydrogen-bond donors (Lipinski definition) is 0. The molecule has 6 aromatic carbocycles. The van der Waals surface area contributed by atoms with Crippen LogP contribution in [-0.4, -0.2) is 22.6 Å². The molecule has 9 aromatic rings. The van der Waals surface area contributed by atoms with Crippen molar-refractivity contribution in [1.82, 2.24) is 14.5 Å². The van der Waals surface area contributed by atoms with Crippen molar-refractivity contribution in [3.05, 3.63) is 168 Å². The molecule has 9 rings (SSSR count). The molecule has 0 saturated heterocycles. The molecular weight excluding hydrogens is 903 g/mol. The monoisotopic (exact) mass is 952 g/mol. The van der Waals surface area contributed by atoms with E-state index in [2.05, 4.69) is 168 Å². The summed E-state index contributed by atoms with van der Waals surface area (Å²) >= 11 is 0. The number of imidazole rings is 1. The van der Waals surface area contributed by atoms with Crippen molar-refractivity contribution in [1.29, 1.82) is 0 Å². The molecular formula is C52H49IrN3OSi-2. The number of rotatable bonds is 7. The maximum absolute atomic E-state index is 6.38. The van der Waals surface area contributed by atoms with E-state index >= 15 is 0 Å². The van der Waals surface area contributed by atoms with E-state index in [4.69, 9.17) is 14.4 Å². The van der Waals surface area contributed by atoms with E-state index in [0.717, 1.165) is 67.7 Å². The topological polar surface area (TPSA) is 43.9 Å². The van der Waals surface area contributed by atoms with Crippen LogP contribution in [-0.2, 0) is 26.5 Å². The molecule has 0 aliphatic heterocycles. The molecule has 0 spiro atoms. The Labute approximate surface area is 357 Å². The Morgan fingerprint density at radius 1 is 0.724 bits per heavy atom. The third-order valence-electron chi connectivity index (χ3n) is 10.6. The van der Waals surface area contributed by atoms with Gasteiger partial charge in [0.2, 0.25) is 0 Å². The molecule has 0 N–H and O–H groups in total. The second-order valence-corrected chi connectivity index (χ2v) is 21.7. The summed E-state index contributed by atoms with van der Waals surface area (Å²) in [5, 5.41) is 3.67. The van der Waals surface area contributed by atoms with Crippen LogP contribution in [0.25, 0.3) is 72.4 Å². The Morgan fingerprint density at radius 3 is 2.14 bits per heavy atom. The van der Waals surface area contributed by atoms with E-state index < -0.39 is 8.07 Å². The molecule has 3 heterocycles. The summed E-state index contributed by atoms with van der Waals surface area (Å²) in [6.07, 6.45) is 3.25. The Hall–Kier alpha value is -5.39. The molecule has 4 nitrogen and oxygen atoms in total. The molecule has 0 saturated carbocycles. The van der Waals surface area contributed by atoms with Gasteiger partial charge in [-0.05, 0) is 89.7 Å². The Bertz CT molecular complexity index is 2860. The third kappa shape index (κ3) is 8.15. The molecule has 0 bridgehead atoms. The number of aromatic nitrogens is 3. The summed E-state index contributed by atoms with van der Waals surface area (Å²) in [5.41, 5.74) is 15.4. The van der Waals surface area contributed by atoms with Gasteiger partial charge in [0.15, 0.2) is 0 Å². The number of nitrogens with zero attached hydrogens (tertiary/aromatic N) is 3. The molecule has 0 atom stereocenters. The van der Waals surface area contributed by atoms with Crippen LogP contribution < -0.4 is 5.19 Å². The fraction of sp³-hybridized carbons (Fsp3) is 0.192. The smallest absolute Gasteiger partial charge is 0.120 e. The van der Waals surface area contributed by atoms with E-state index in [0.29, 0.717) is 5.92 Å². The van der Waals surface area contributed by atoms with Crippen LogP contribution in [0.1, 0.15) is 36.1 Å². The maximum atomic E-state index is 6.38. The number of benzene rings is 6. The van der Waals surface area contributed by atoms with Gasteiger partial charge in [0.1, 0.15) is 5.58 Å². The fourth-order valence-electron chi connectivity index (χ4n) is 8.04. The Balaban J connectivity index is 0.000000200. The molecule has 0 aliphatic carbocycles. The van der Waals surface area contributed by atoms with Crippen LogP contribution >= 0.6 is 0 Å². The fourth-order valence-corrected chi connectivity index (χ4v) is 9.63. The summed E-state index contributed by atoms with van der Waals surface area (Å²) < 4.78 is 8.65. The molecule has 58 heavy (non-hydrogen) atoms. The molecule has 6 heteroatoms. The summed E-state index contributed by atoms with van der Waals surface area (Å²) in [7, 11) is -1.35. The van der Waals surface area contributed by atoms with E-state index in [1.54, 1.807) is 0 Å². The van der Waals surface area contributed by atoms with Crippen LogP contribution in [0.3, 0.4) is 0 Å². The number of hydrogen-bond acceptors (Lipinski definition) is 3. The summed E-state index contributed by atoms with van der Waals surface area (Å²) in [5.74, 6) is 1.50. The van der Waals surface area contributed by atoms with Crippen LogP contribution in [0.15, 0.2) is 138 Å². The van der Waals surface area contributed by atoms with Crippen molar-refractivity contribution in [3.8, 4) is 39.5 Å². The van der Waals surface area contributed by atoms with Gasteiger partial charge in [-0.2, -0.15) is 0 Å². The summed E-state index contributed by atoms with van der Waals surface area (Å²) in [6.45, 7) is 18.2. The van der Waals surface area contributed by atoms with Gasteiger partial charge in [0.05, 0.1) is 30.5 Å². The van der Waals surface area contributed by atoms with Crippen LogP contribution in [0.2, 0.25) is 19.6 Å². The minimum absolute atomic E-state index is 0. The zero-order chi connectivity index (χ0) is 39.8. The quantitative estimate of drug-likeness (QED) is 0.118. The standard InChI is InChI=1S/C33H23N2O.C19H26NSi.Ir/c1-21-19-24(23-11-4-3-5-12-23)20-22(2)31(21)35-29-17-8-7-16-28(29)34-33(35)27-15-10-14-26-25-13-6-9-18-30(25)36-32(26)27;1-14(2)10-17-12-18(16-9-7-8-15(3)11-16)20-13-19(17)21(4,5)6;/h3-14,16-20H,1-2H3;7-8,11-14H,10H2,1-6H3;/q2*-1;. The van der Waals surface area contributed by atoms with Crippen molar-refractivity contribution in [2.75, 3.05) is 0 Å². The van der Waals surface area contributed by atoms with Gasteiger partial charge < -0.3 is 14.0 Å². The van der Waals surface area contributed by atoms with Gasteiger partial charge in [0.25, 0.3) is 0 Å². The van der Waals surface area contributed by atoms with Crippen LogP contribution in [0, 0.1) is 38.8 Å². The molecule has 0 aliphatic rings. The van der Waals surface area contributed by atoms with Crippen LogP contribution in [0.4, 0.5) is 0 Å². The number of fused-ring (bicyclic) bond motifs is 4. The Morgan fingerprint density at radius 2 is 1.41 bits per heavy atom. The van der Waals surface area contributed by atoms with Crippen molar-refractivity contribution in [2.45, 2.75) is 60.7 Å². The molecule has 0 amide bonds. The average Bonchev–Trinajstić information content (AvgIpc) is 3.76. The second kappa shape index (κ2) is 16.8. The van der Waals surface area contributed by atoms with E-state index in [1.165, 1.54) is 38.6 Å². The van der Waals surface area contributed by atoms with Gasteiger partial charge in [0, 0.05) is 37.4 Å². The molecule has 293 valence electrons. The predicted molar refractivity (Wildman–Crippen MR) is 242 cm³/mol. The molecule has 0 fully saturated rings. The van der Waals surface area contributed by atoms with Gasteiger partial charge in [-0.15, -0.1) is 53.6 Å². The SMILES string of the molecule is Cc1cc(-c2ccccc2)cc(C)c1-n1c(-c2[c-]ccc3c2oc2ccccc23)nc2ccccc21.Cc1cc[c-]c(-c2cc(CC(C)C)c([Si](C)(C)C)cn2)c1.[Ir]. The minimum Gasteiger partial charge on any atom is -0.501 e. The van der Waals surface area contributed by atoms with Gasteiger partial charge in [-0.1, -0.05) is 124 Å². The van der Waals surface area contributed by atoms with Crippen molar-refractivity contribution >= 4 is 46.2 Å². The normalized spacial score (nSPS) is 11.5. The predicted octanol–water partition coefficient (Wildman–Crippen LogP) is 13.3. The molecule has 0 unspecified atom stereocenters. The maximum Gasteiger partial charge on any atom is 0.120 e. The van der Waals surface area contributed by atoms with E-state index in [1.807, 2.05) is 36.4 Å². The van der Waals surface area contributed by atoms with Gasteiger partial charge >= 0.3 is 0 Å². The van der Waals surface area contributed by atoms with Crippen molar-refractivity contribution in [3.63, 3.8) is 0 Å². The zero-order valence-corrected chi connectivity index (χ0v) is 38.0. The van der Waals surface area contributed by atoms with Crippen LogP contribution in [0.5, 0.6) is 0 Å². The first-order valence-corrected chi connectivity index (χ1v) is 23.4. The number of para-hydroxylation sites is 3. The van der Waals surface area contributed by atoms with E-state index in [9.17, 15) is 0 Å². The first-order chi connectivity index (χ1) is 27.5. The number of furan rings is 1. The first kappa shape index (κ1) is 40.8. The second-order valence-electron chi connectivity index (χ2n) is 16.6. The third-order valence-corrected chi connectivity index (χ3v) is 12.7. The Kier molecular flexibility index (Phi) is 11.8. The first-order valence-electron chi connectivity index (χ1n) is 19.9. The average molecular weight is 952 g/mol. The summed E-state index contributed by atoms with van der Waals surface area (Å²) in [4.78, 5) is 9.84.